The van der Waals surface area contributed by atoms with E-state index in [4.69, 9.17) is 0 Å². The summed E-state index contributed by atoms with van der Waals surface area (Å²) in [6, 6.07) is 3.25. The van der Waals surface area contributed by atoms with E-state index < -0.39 is 17.6 Å². The fourth-order valence-electron chi connectivity index (χ4n) is 2.19. The standard InChI is InChI=1S/C13H16F4N2/c14-12-5-4-9(7-11(12)13(15,16)17)19-8-10-3-1-2-6-18-10/h4-5,7,10,18-19H,1-3,6,8H2. The minimum absolute atomic E-state index is 0.258. The number of benzene rings is 1. The van der Waals surface area contributed by atoms with E-state index in [1.807, 2.05) is 0 Å². The van der Waals surface area contributed by atoms with E-state index in [9.17, 15) is 17.6 Å². The number of hydrogen-bond acceptors (Lipinski definition) is 2. The Morgan fingerprint density at radius 3 is 2.68 bits per heavy atom. The number of piperidine rings is 1. The molecule has 0 spiro atoms. The van der Waals surface area contributed by atoms with Gasteiger partial charge < -0.3 is 10.6 Å². The Bertz CT molecular complexity index is 425. The van der Waals surface area contributed by atoms with Crippen molar-refractivity contribution in [3.05, 3.63) is 29.6 Å². The summed E-state index contributed by atoms with van der Waals surface area (Å²) in [6.45, 7) is 1.48. The molecule has 19 heavy (non-hydrogen) atoms. The van der Waals surface area contributed by atoms with Crippen molar-refractivity contribution in [2.45, 2.75) is 31.5 Å². The topological polar surface area (TPSA) is 24.1 Å². The summed E-state index contributed by atoms with van der Waals surface area (Å²) in [7, 11) is 0. The number of nitrogens with one attached hydrogen (secondary N) is 2. The van der Waals surface area contributed by atoms with Crippen LogP contribution in [0.3, 0.4) is 0 Å². The van der Waals surface area contributed by atoms with Crippen molar-refractivity contribution in [2.75, 3.05) is 18.4 Å². The first-order valence-electron chi connectivity index (χ1n) is 6.31. The zero-order valence-corrected chi connectivity index (χ0v) is 10.4. The van der Waals surface area contributed by atoms with Gasteiger partial charge in [0.2, 0.25) is 0 Å². The van der Waals surface area contributed by atoms with Gasteiger partial charge in [-0.1, -0.05) is 6.42 Å². The van der Waals surface area contributed by atoms with E-state index in [0.717, 1.165) is 37.9 Å². The minimum atomic E-state index is -4.66. The van der Waals surface area contributed by atoms with Crippen molar-refractivity contribution >= 4 is 5.69 Å². The molecule has 2 N–H and O–H groups in total. The molecule has 1 aromatic rings. The summed E-state index contributed by atoms with van der Waals surface area (Å²) in [5, 5.41) is 6.21. The summed E-state index contributed by atoms with van der Waals surface area (Å²) in [5.74, 6) is -1.24. The third-order valence-electron chi connectivity index (χ3n) is 3.24. The van der Waals surface area contributed by atoms with Gasteiger partial charge in [-0.15, -0.1) is 0 Å². The summed E-state index contributed by atoms with van der Waals surface area (Å²) in [4.78, 5) is 0. The highest BCUT2D eigenvalue weighted by molar-refractivity contribution is 5.47. The molecular weight excluding hydrogens is 260 g/mol. The molecule has 2 nitrogen and oxygen atoms in total. The van der Waals surface area contributed by atoms with Gasteiger partial charge in [-0.2, -0.15) is 13.2 Å². The van der Waals surface area contributed by atoms with Crippen molar-refractivity contribution in [2.24, 2.45) is 0 Å². The van der Waals surface area contributed by atoms with E-state index in [2.05, 4.69) is 10.6 Å². The Morgan fingerprint density at radius 1 is 1.26 bits per heavy atom. The molecule has 0 radical (unpaired) electrons. The maximum absolute atomic E-state index is 13.1. The Balaban J connectivity index is 2.00. The van der Waals surface area contributed by atoms with Crippen LogP contribution in [0.5, 0.6) is 0 Å². The predicted molar refractivity (Wildman–Crippen MR) is 65.5 cm³/mol. The molecule has 0 saturated carbocycles. The number of halogens is 4. The molecule has 0 aromatic heterocycles. The molecule has 106 valence electrons. The molecule has 1 saturated heterocycles. The molecule has 2 rings (SSSR count). The third-order valence-corrected chi connectivity index (χ3v) is 3.24. The normalized spacial score (nSPS) is 20.3. The van der Waals surface area contributed by atoms with Gasteiger partial charge in [0, 0.05) is 18.3 Å². The van der Waals surface area contributed by atoms with E-state index in [1.54, 1.807) is 0 Å². The van der Waals surface area contributed by atoms with Crippen LogP contribution in [0, 0.1) is 5.82 Å². The minimum Gasteiger partial charge on any atom is -0.383 e. The van der Waals surface area contributed by atoms with Crippen LogP contribution >= 0.6 is 0 Å². The first-order valence-corrected chi connectivity index (χ1v) is 6.31. The van der Waals surface area contributed by atoms with Crippen molar-refractivity contribution < 1.29 is 17.6 Å². The lowest BCUT2D eigenvalue weighted by Gasteiger charge is -2.24. The fourth-order valence-corrected chi connectivity index (χ4v) is 2.19. The molecule has 0 aliphatic carbocycles. The molecule has 1 unspecified atom stereocenters. The second-order valence-electron chi connectivity index (χ2n) is 4.72. The van der Waals surface area contributed by atoms with Gasteiger partial charge in [-0.3, -0.25) is 0 Å². The van der Waals surface area contributed by atoms with Gasteiger partial charge in [0.25, 0.3) is 0 Å². The average molecular weight is 276 g/mol. The highest BCUT2D eigenvalue weighted by Crippen LogP contribution is 2.32. The maximum Gasteiger partial charge on any atom is 0.419 e. The molecule has 1 aliphatic heterocycles. The Hall–Kier alpha value is -1.30. The number of hydrogen-bond donors (Lipinski definition) is 2. The van der Waals surface area contributed by atoms with Crippen molar-refractivity contribution in [3.8, 4) is 0 Å². The molecule has 6 heteroatoms. The van der Waals surface area contributed by atoms with Crippen LogP contribution in [0.15, 0.2) is 18.2 Å². The Morgan fingerprint density at radius 2 is 2.05 bits per heavy atom. The molecule has 1 atom stereocenters. The molecule has 0 bridgehead atoms. The molecule has 1 fully saturated rings. The van der Waals surface area contributed by atoms with Crippen LogP contribution in [0.1, 0.15) is 24.8 Å². The van der Waals surface area contributed by atoms with E-state index in [0.29, 0.717) is 12.2 Å². The predicted octanol–water partition coefficient (Wildman–Crippen LogP) is 3.40. The molecule has 1 aliphatic rings. The zero-order valence-electron chi connectivity index (χ0n) is 10.4. The van der Waals surface area contributed by atoms with E-state index >= 15 is 0 Å². The lowest BCUT2D eigenvalue weighted by molar-refractivity contribution is -0.139. The molecule has 1 heterocycles. The van der Waals surface area contributed by atoms with Gasteiger partial charge in [0.15, 0.2) is 0 Å². The summed E-state index contributed by atoms with van der Waals surface area (Å²) >= 11 is 0. The van der Waals surface area contributed by atoms with E-state index in [1.165, 1.54) is 6.07 Å². The van der Waals surface area contributed by atoms with Gasteiger partial charge in [-0.05, 0) is 37.6 Å². The quantitative estimate of drug-likeness (QED) is 0.827. The monoisotopic (exact) mass is 276 g/mol. The second-order valence-corrected chi connectivity index (χ2v) is 4.72. The number of alkyl halides is 3. The van der Waals surface area contributed by atoms with Crippen LogP contribution in [0.25, 0.3) is 0 Å². The van der Waals surface area contributed by atoms with Crippen molar-refractivity contribution in [3.63, 3.8) is 0 Å². The lowest BCUT2D eigenvalue weighted by atomic mass is 10.0. The van der Waals surface area contributed by atoms with Crippen LogP contribution in [-0.2, 0) is 6.18 Å². The SMILES string of the molecule is Fc1ccc(NCC2CCCCN2)cc1C(F)(F)F. The van der Waals surface area contributed by atoms with Crippen molar-refractivity contribution in [1.82, 2.24) is 5.32 Å². The third kappa shape index (κ3) is 3.83. The number of anilines is 1. The fraction of sp³-hybridized carbons (Fsp3) is 0.538. The molecule has 1 aromatic carbocycles. The first kappa shape index (κ1) is 14.1. The van der Waals surface area contributed by atoms with Gasteiger partial charge in [-0.25, -0.2) is 4.39 Å². The number of rotatable bonds is 3. The average Bonchev–Trinajstić information content (AvgIpc) is 2.37. The van der Waals surface area contributed by atoms with Gasteiger partial charge in [0.05, 0.1) is 5.56 Å². The largest absolute Gasteiger partial charge is 0.419 e. The molecule has 0 amide bonds. The zero-order chi connectivity index (χ0) is 13.9. The van der Waals surface area contributed by atoms with Crippen molar-refractivity contribution in [1.29, 1.82) is 0 Å². The summed E-state index contributed by atoms with van der Waals surface area (Å²) in [5.41, 5.74) is -0.935. The summed E-state index contributed by atoms with van der Waals surface area (Å²) in [6.07, 6.45) is -1.41. The Kier molecular flexibility index (Phi) is 4.29. The Labute approximate surface area is 109 Å². The summed E-state index contributed by atoms with van der Waals surface area (Å²) < 4.78 is 50.7. The van der Waals surface area contributed by atoms with Crippen LogP contribution in [0.4, 0.5) is 23.2 Å². The smallest absolute Gasteiger partial charge is 0.383 e. The molecular formula is C13H16F4N2. The van der Waals surface area contributed by atoms with Gasteiger partial charge >= 0.3 is 6.18 Å². The maximum atomic E-state index is 13.1. The van der Waals surface area contributed by atoms with Crippen LogP contribution < -0.4 is 10.6 Å². The lowest BCUT2D eigenvalue weighted by Crippen LogP contribution is -2.39. The van der Waals surface area contributed by atoms with Crippen LogP contribution in [-0.4, -0.2) is 19.1 Å². The van der Waals surface area contributed by atoms with Gasteiger partial charge in [0.1, 0.15) is 5.82 Å². The van der Waals surface area contributed by atoms with Crippen LogP contribution in [0.2, 0.25) is 0 Å². The highest BCUT2D eigenvalue weighted by Gasteiger charge is 2.34. The first-order chi connectivity index (χ1) is 8.97. The van der Waals surface area contributed by atoms with E-state index in [-0.39, 0.29) is 6.04 Å². The highest BCUT2D eigenvalue weighted by atomic mass is 19.4. The second kappa shape index (κ2) is 5.77.